The predicted molar refractivity (Wildman–Crippen MR) is 95.1 cm³/mol. The average molecular weight is 323 g/mol. The summed E-state index contributed by atoms with van der Waals surface area (Å²) in [5, 5.41) is 12.0. The highest BCUT2D eigenvalue weighted by atomic mass is 16.5. The van der Waals surface area contributed by atoms with E-state index in [9.17, 15) is 0 Å². The summed E-state index contributed by atoms with van der Waals surface area (Å²) in [5.41, 5.74) is 4.35. The van der Waals surface area contributed by atoms with Crippen LogP contribution in [0.25, 0.3) is 22.2 Å². The number of nitrogens with one attached hydrogen (secondary N) is 2. The molecule has 6 heteroatoms. The fourth-order valence-electron chi connectivity index (χ4n) is 3.13. The van der Waals surface area contributed by atoms with E-state index in [1.54, 1.807) is 0 Å². The quantitative estimate of drug-likeness (QED) is 0.770. The number of ether oxygens (including phenoxy) is 1. The molecule has 4 rings (SSSR count). The smallest absolute Gasteiger partial charge is 0.129 e. The zero-order chi connectivity index (χ0) is 16.4. The Bertz CT molecular complexity index is 838. The second kappa shape index (κ2) is 6.59. The van der Waals surface area contributed by atoms with Gasteiger partial charge in [-0.05, 0) is 36.9 Å². The molecule has 1 aliphatic rings. The third kappa shape index (κ3) is 2.86. The number of benzene rings is 1. The molecule has 1 aromatic carbocycles. The molecule has 0 aliphatic carbocycles. The molecule has 0 bridgehead atoms. The Morgan fingerprint density at radius 1 is 1.21 bits per heavy atom. The van der Waals surface area contributed by atoms with Crippen LogP contribution in [-0.4, -0.2) is 48.5 Å². The van der Waals surface area contributed by atoms with Crippen LogP contribution >= 0.6 is 0 Å². The molecule has 0 unspecified atom stereocenters. The van der Waals surface area contributed by atoms with E-state index in [1.165, 1.54) is 5.56 Å². The maximum Gasteiger partial charge on any atom is 0.129 e. The first-order chi connectivity index (χ1) is 11.8. The summed E-state index contributed by atoms with van der Waals surface area (Å²) in [6.07, 6.45) is 1.86. The number of H-pyrrole nitrogens is 1. The van der Waals surface area contributed by atoms with Crippen molar-refractivity contribution in [1.82, 2.24) is 20.5 Å². The summed E-state index contributed by atoms with van der Waals surface area (Å²) in [6.45, 7) is 4.11. The minimum Gasteiger partial charge on any atom is -0.378 e. The van der Waals surface area contributed by atoms with E-state index in [0.717, 1.165) is 60.8 Å². The van der Waals surface area contributed by atoms with Gasteiger partial charge < -0.3 is 15.0 Å². The molecular weight excluding hydrogens is 302 g/mol. The fourth-order valence-corrected chi connectivity index (χ4v) is 3.13. The highest BCUT2D eigenvalue weighted by molar-refractivity contribution is 5.93. The molecule has 3 heterocycles. The second-order valence-corrected chi connectivity index (χ2v) is 5.98. The zero-order valence-corrected chi connectivity index (χ0v) is 13.7. The van der Waals surface area contributed by atoms with Gasteiger partial charge in [0.1, 0.15) is 11.5 Å². The SMILES string of the molecule is CNCc1ccc2[nH]nc(-c3ccnc(N4CCOCC4)c3)c2c1. The van der Waals surface area contributed by atoms with E-state index in [4.69, 9.17) is 4.74 Å². The Labute approximate surface area is 140 Å². The van der Waals surface area contributed by atoms with Crippen LogP contribution in [0.2, 0.25) is 0 Å². The van der Waals surface area contributed by atoms with Gasteiger partial charge in [-0.3, -0.25) is 5.10 Å². The van der Waals surface area contributed by atoms with Gasteiger partial charge in [-0.2, -0.15) is 5.10 Å². The van der Waals surface area contributed by atoms with Crippen molar-refractivity contribution in [3.8, 4) is 11.3 Å². The van der Waals surface area contributed by atoms with E-state index in [2.05, 4.69) is 49.7 Å². The molecule has 0 spiro atoms. The number of hydrogen-bond donors (Lipinski definition) is 2. The van der Waals surface area contributed by atoms with Gasteiger partial charge in [-0.15, -0.1) is 0 Å². The van der Waals surface area contributed by atoms with Gasteiger partial charge in [-0.25, -0.2) is 4.98 Å². The molecule has 1 saturated heterocycles. The molecule has 24 heavy (non-hydrogen) atoms. The van der Waals surface area contributed by atoms with E-state index >= 15 is 0 Å². The molecular formula is C18H21N5O. The zero-order valence-electron chi connectivity index (χ0n) is 13.7. The summed E-state index contributed by atoms with van der Waals surface area (Å²) in [7, 11) is 1.96. The van der Waals surface area contributed by atoms with E-state index in [1.807, 2.05) is 19.3 Å². The van der Waals surface area contributed by atoms with Crippen molar-refractivity contribution < 1.29 is 4.74 Å². The molecule has 6 nitrogen and oxygen atoms in total. The summed E-state index contributed by atoms with van der Waals surface area (Å²) in [6, 6.07) is 10.5. The number of anilines is 1. The lowest BCUT2D eigenvalue weighted by Crippen LogP contribution is -2.36. The number of rotatable bonds is 4. The van der Waals surface area contributed by atoms with Crippen molar-refractivity contribution in [3.63, 3.8) is 0 Å². The maximum atomic E-state index is 5.42. The minimum atomic E-state index is 0.755. The number of morpholine rings is 1. The number of pyridine rings is 1. The molecule has 124 valence electrons. The van der Waals surface area contributed by atoms with Gasteiger partial charge in [0.05, 0.1) is 18.7 Å². The molecule has 2 aromatic heterocycles. The van der Waals surface area contributed by atoms with Gasteiger partial charge in [0, 0.05) is 36.8 Å². The molecule has 0 radical (unpaired) electrons. The first-order valence-electron chi connectivity index (χ1n) is 8.26. The minimum absolute atomic E-state index is 0.755. The van der Waals surface area contributed by atoms with Crippen LogP contribution in [0.3, 0.4) is 0 Å². The number of fused-ring (bicyclic) bond motifs is 1. The normalized spacial score (nSPS) is 15.1. The Hall–Kier alpha value is -2.44. The number of nitrogens with zero attached hydrogens (tertiary/aromatic N) is 3. The third-order valence-corrected chi connectivity index (χ3v) is 4.36. The number of hydrogen-bond acceptors (Lipinski definition) is 5. The largest absolute Gasteiger partial charge is 0.378 e. The van der Waals surface area contributed by atoms with Crippen LogP contribution in [0.5, 0.6) is 0 Å². The summed E-state index contributed by atoms with van der Waals surface area (Å²) < 4.78 is 5.42. The standard InChI is InChI=1S/C18H21N5O/c1-19-12-13-2-3-16-15(10-13)18(22-21-16)14-4-5-20-17(11-14)23-6-8-24-9-7-23/h2-5,10-11,19H,6-9,12H2,1H3,(H,21,22). The topological polar surface area (TPSA) is 66.1 Å². The van der Waals surface area contributed by atoms with E-state index < -0.39 is 0 Å². The average Bonchev–Trinajstić information content (AvgIpc) is 3.06. The lowest BCUT2D eigenvalue weighted by molar-refractivity contribution is 0.122. The van der Waals surface area contributed by atoms with Crippen molar-refractivity contribution in [1.29, 1.82) is 0 Å². The van der Waals surface area contributed by atoms with Crippen molar-refractivity contribution in [2.75, 3.05) is 38.3 Å². The molecule has 0 saturated carbocycles. The first kappa shape index (κ1) is 15.1. The summed E-state index contributed by atoms with van der Waals surface area (Å²) in [4.78, 5) is 6.78. The highest BCUT2D eigenvalue weighted by Crippen LogP contribution is 2.29. The van der Waals surface area contributed by atoms with Crippen LogP contribution in [0, 0.1) is 0 Å². The van der Waals surface area contributed by atoms with Crippen molar-refractivity contribution in [2.45, 2.75) is 6.54 Å². The Kier molecular flexibility index (Phi) is 4.15. The fraction of sp³-hybridized carbons (Fsp3) is 0.333. The van der Waals surface area contributed by atoms with E-state index in [-0.39, 0.29) is 0 Å². The van der Waals surface area contributed by atoms with Crippen molar-refractivity contribution >= 4 is 16.7 Å². The van der Waals surface area contributed by atoms with Crippen molar-refractivity contribution in [2.24, 2.45) is 0 Å². The number of aromatic nitrogens is 3. The molecule has 0 atom stereocenters. The van der Waals surface area contributed by atoms with Gasteiger partial charge in [-0.1, -0.05) is 6.07 Å². The van der Waals surface area contributed by atoms with Crippen LogP contribution < -0.4 is 10.2 Å². The number of aromatic amines is 1. The Morgan fingerprint density at radius 2 is 2.08 bits per heavy atom. The van der Waals surface area contributed by atoms with Gasteiger partial charge >= 0.3 is 0 Å². The molecule has 3 aromatic rings. The lowest BCUT2D eigenvalue weighted by Gasteiger charge is -2.27. The van der Waals surface area contributed by atoms with Gasteiger partial charge in [0.2, 0.25) is 0 Å². The monoisotopic (exact) mass is 323 g/mol. The summed E-state index contributed by atoms with van der Waals surface area (Å²) >= 11 is 0. The van der Waals surface area contributed by atoms with Crippen LogP contribution in [-0.2, 0) is 11.3 Å². The molecule has 2 N–H and O–H groups in total. The highest BCUT2D eigenvalue weighted by Gasteiger charge is 2.15. The summed E-state index contributed by atoms with van der Waals surface area (Å²) in [5.74, 6) is 0.985. The van der Waals surface area contributed by atoms with E-state index in [0.29, 0.717) is 0 Å². The third-order valence-electron chi connectivity index (χ3n) is 4.36. The van der Waals surface area contributed by atoms with Crippen molar-refractivity contribution in [3.05, 3.63) is 42.1 Å². The first-order valence-corrected chi connectivity index (χ1v) is 8.26. The van der Waals surface area contributed by atoms with Crippen LogP contribution in [0.15, 0.2) is 36.5 Å². The Balaban J connectivity index is 1.72. The predicted octanol–water partition coefficient (Wildman–Crippen LogP) is 2.18. The van der Waals surface area contributed by atoms with Gasteiger partial charge in [0.15, 0.2) is 0 Å². The lowest BCUT2D eigenvalue weighted by atomic mass is 10.1. The maximum absolute atomic E-state index is 5.42. The van der Waals surface area contributed by atoms with Crippen LogP contribution in [0.4, 0.5) is 5.82 Å². The molecule has 1 aliphatic heterocycles. The Morgan fingerprint density at radius 3 is 2.92 bits per heavy atom. The second-order valence-electron chi connectivity index (χ2n) is 5.98. The molecule has 1 fully saturated rings. The van der Waals surface area contributed by atoms with Gasteiger partial charge in [0.25, 0.3) is 0 Å². The van der Waals surface area contributed by atoms with Crippen LogP contribution in [0.1, 0.15) is 5.56 Å². The molecule has 0 amide bonds.